The van der Waals surface area contributed by atoms with Crippen LogP contribution in [0.1, 0.15) is 22.4 Å². The molecule has 120 valence electrons. The number of aromatic nitrogens is 1. The number of pyridine rings is 1. The SMILES string of the molecule is Cc1cc(C(F)(F)F)c(C#N)c(SCc2ccc(Cl)c(Cl)c2)n1. The molecule has 0 aliphatic rings. The van der Waals surface area contributed by atoms with Gasteiger partial charge in [-0.25, -0.2) is 4.98 Å². The van der Waals surface area contributed by atoms with E-state index in [1.807, 2.05) is 0 Å². The second kappa shape index (κ2) is 7.00. The fourth-order valence-electron chi connectivity index (χ4n) is 1.86. The summed E-state index contributed by atoms with van der Waals surface area (Å²) in [5.74, 6) is 0.319. The second-order valence-corrected chi connectivity index (χ2v) is 6.42. The van der Waals surface area contributed by atoms with Gasteiger partial charge in [0.2, 0.25) is 0 Å². The first-order chi connectivity index (χ1) is 10.7. The molecule has 0 atom stereocenters. The molecule has 0 aliphatic carbocycles. The van der Waals surface area contributed by atoms with Crippen LogP contribution in [0.15, 0.2) is 29.3 Å². The Kier molecular flexibility index (Phi) is 5.45. The van der Waals surface area contributed by atoms with Gasteiger partial charge in [-0.3, -0.25) is 0 Å². The number of nitrogens with zero attached hydrogens (tertiary/aromatic N) is 2. The minimum atomic E-state index is -4.60. The molecular weight excluding hydrogens is 368 g/mol. The van der Waals surface area contributed by atoms with E-state index in [2.05, 4.69) is 4.98 Å². The molecule has 1 aromatic heterocycles. The summed E-state index contributed by atoms with van der Waals surface area (Å²) < 4.78 is 39.1. The topological polar surface area (TPSA) is 36.7 Å². The second-order valence-electron chi connectivity index (χ2n) is 4.64. The van der Waals surface area contributed by atoms with Gasteiger partial charge < -0.3 is 0 Å². The van der Waals surface area contributed by atoms with Crippen molar-refractivity contribution in [1.82, 2.24) is 4.98 Å². The number of benzene rings is 1. The third-order valence-electron chi connectivity index (χ3n) is 2.89. The van der Waals surface area contributed by atoms with Gasteiger partial charge in [0.1, 0.15) is 11.1 Å². The summed E-state index contributed by atoms with van der Waals surface area (Å²) in [6, 6.07) is 7.43. The first-order valence-electron chi connectivity index (χ1n) is 6.28. The number of rotatable bonds is 3. The molecule has 2 rings (SSSR count). The Balaban J connectivity index is 2.34. The van der Waals surface area contributed by atoms with Gasteiger partial charge in [-0.05, 0) is 30.7 Å². The van der Waals surface area contributed by atoms with E-state index in [9.17, 15) is 13.2 Å². The fourth-order valence-corrected chi connectivity index (χ4v) is 3.17. The molecule has 0 saturated carbocycles. The van der Waals surface area contributed by atoms with Gasteiger partial charge in [-0.2, -0.15) is 18.4 Å². The summed E-state index contributed by atoms with van der Waals surface area (Å²) in [6.45, 7) is 1.46. The molecule has 0 radical (unpaired) electrons. The molecule has 1 heterocycles. The van der Waals surface area contributed by atoms with E-state index in [-0.39, 0.29) is 10.7 Å². The molecule has 0 amide bonds. The van der Waals surface area contributed by atoms with Crippen molar-refractivity contribution in [3.63, 3.8) is 0 Å². The number of hydrogen-bond acceptors (Lipinski definition) is 3. The molecule has 2 nitrogen and oxygen atoms in total. The lowest BCUT2D eigenvalue weighted by Crippen LogP contribution is -2.10. The van der Waals surface area contributed by atoms with Crippen molar-refractivity contribution >= 4 is 35.0 Å². The van der Waals surface area contributed by atoms with Crippen LogP contribution in [0.2, 0.25) is 10.0 Å². The quantitative estimate of drug-likeness (QED) is 0.627. The highest BCUT2D eigenvalue weighted by Crippen LogP contribution is 2.37. The summed E-state index contributed by atoms with van der Waals surface area (Å²) in [5, 5.41) is 9.89. The van der Waals surface area contributed by atoms with Crippen LogP contribution >= 0.6 is 35.0 Å². The maximum atomic E-state index is 13.0. The summed E-state index contributed by atoms with van der Waals surface area (Å²) in [6.07, 6.45) is -4.60. The van der Waals surface area contributed by atoms with E-state index in [1.54, 1.807) is 24.3 Å². The van der Waals surface area contributed by atoms with Crippen LogP contribution in [-0.4, -0.2) is 4.98 Å². The van der Waals surface area contributed by atoms with Crippen molar-refractivity contribution in [2.75, 3.05) is 0 Å². The Hall–Kier alpha value is -1.42. The van der Waals surface area contributed by atoms with Crippen molar-refractivity contribution in [3.05, 3.63) is 56.7 Å². The van der Waals surface area contributed by atoms with Gasteiger partial charge in [0.05, 0.1) is 21.2 Å². The lowest BCUT2D eigenvalue weighted by atomic mass is 10.1. The predicted octanol–water partition coefficient (Wildman–Crippen LogP) is 5.88. The van der Waals surface area contributed by atoms with E-state index in [0.717, 1.165) is 23.4 Å². The lowest BCUT2D eigenvalue weighted by Gasteiger charge is -2.13. The van der Waals surface area contributed by atoms with Gasteiger partial charge in [0.15, 0.2) is 0 Å². The maximum Gasteiger partial charge on any atom is 0.417 e. The number of nitriles is 1. The van der Waals surface area contributed by atoms with Crippen LogP contribution in [0.25, 0.3) is 0 Å². The Labute approximate surface area is 145 Å². The van der Waals surface area contributed by atoms with Crippen LogP contribution < -0.4 is 0 Å². The lowest BCUT2D eigenvalue weighted by molar-refractivity contribution is -0.138. The minimum Gasteiger partial charge on any atom is -0.245 e. The van der Waals surface area contributed by atoms with Crippen LogP contribution in [0.5, 0.6) is 0 Å². The predicted molar refractivity (Wildman–Crippen MR) is 84.7 cm³/mol. The Morgan fingerprint density at radius 2 is 1.91 bits per heavy atom. The van der Waals surface area contributed by atoms with Gasteiger partial charge in [0.25, 0.3) is 0 Å². The Bertz CT molecular complexity index is 786. The van der Waals surface area contributed by atoms with Crippen molar-refractivity contribution in [2.45, 2.75) is 23.9 Å². The molecule has 0 aliphatic heterocycles. The first-order valence-corrected chi connectivity index (χ1v) is 8.02. The molecule has 8 heteroatoms. The van der Waals surface area contributed by atoms with Crippen LogP contribution in [0, 0.1) is 18.3 Å². The van der Waals surface area contributed by atoms with E-state index < -0.39 is 17.3 Å². The van der Waals surface area contributed by atoms with Crippen molar-refractivity contribution in [1.29, 1.82) is 5.26 Å². The normalized spacial score (nSPS) is 11.3. The van der Waals surface area contributed by atoms with Gasteiger partial charge in [0, 0.05) is 11.4 Å². The van der Waals surface area contributed by atoms with Gasteiger partial charge >= 0.3 is 6.18 Å². The van der Waals surface area contributed by atoms with Crippen LogP contribution in [0.3, 0.4) is 0 Å². The van der Waals surface area contributed by atoms with Gasteiger partial charge in [-0.15, -0.1) is 11.8 Å². The van der Waals surface area contributed by atoms with E-state index >= 15 is 0 Å². The average Bonchev–Trinajstić information content (AvgIpc) is 2.47. The molecule has 0 saturated heterocycles. The molecule has 0 unspecified atom stereocenters. The summed E-state index contributed by atoms with van der Waals surface area (Å²) in [4.78, 5) is 4.05. The number of halogens is 5. The molecule has 1 aromatic carbocycles. The maximum absolute atomic E-state index is 13.0. The number of aryl methyl sites for hydroxylation is 1. The third kappa shape index (κ3) is 4.31. The molecular formula is C15H9Cl2F3N2S. The largest absolute Gasteiger partial charge is 0.417 e. The highest BCUT2D eigenvalue weighted by atomic mass is 35.5. The summed E-state index contributed by atoms with van der Waals surface area (Å²) >= 11 is 12.8. The average molecular weight is 377 g/mol. The zero-order chi connectivity index (χ0) is 17.2. The highest BCUT2D eigenvalue weighted by Gasteiger charge is 2.35. The van der Waals surface area contributed by atoms with Crippen molar-refractivity contribution < 1.29 is 13.2 Å². The number of thioether (sulfide) groups is 1. The zero-order valence-corrected chi connectivity index (χ0v) is 14.0. The van der Waals surface area contributed by atoms with Crippen molar-refractivity contribution in [3.8, 4) is 6.07 Å². The monoisotopic (exact) mass is 376 g/mol. The number of hydrogen-bond donors (Lipinski definition) is 0. The molecule has 2 aromatic rings. The third-order valence-corrected chi connectivity index (χ3v) is 4.68. The Morgan fingerprint density at radius 3 is 2.48 bits per heavy atom. The molecule has 0 bridgehead atoms. The van der Waals surface area contributed by atoms with Crippen LogP contribution in [0.4, 0.5) is 13.2 Å². The fraction of sp³-hybridized carbons (Fsp3) is 0.200. The van der Waals surface area contributed by atoms with E-state index in [0.29, 0.717) is 15.8 Å². The smallest absolute Gasteiger partial charge is 0.245 e. The summed E-state index contributed by atoms with van der Waals surface area (Å²) in [7, 11) is 0. The molecule has 23 heavy (non-hydrogen) atoms. The summed E-state index contributed by atoms with van der Waals surface area (Å²) in [5.41, 5.74) is -0.463. The van der Waals surface area contributed by atoms with E-state index in [4.69, 9.17) is 28.5 Å². The van der Waals surface area contributed by atoms with Gasteiger partial charge in [-0.1, -0.05) is 29.3 Å². The number of alkyl halides is 3. The molecule has 0 spiro atoms. The van der Waals surface area contributed by atoms with Crippen LogP contribution in [-0.2, 0) is 11.9 Å². The highest BCUT2D eigenvalue weighted by molar-refractivity contribution is 7.98. The first kappa shape index (κ1) is 17.9. The van der Waals surface area contributed by atoms with Crippen molar-refractivity contribution in [2.24, 2.45) is 0 Å². The standard InChI is InChI=1S/C15H9Cl2F3N2S/c1-8-4-11(15(18,19)20)10(6-21)14(22-8)23-7-9-2-3-12(16)13(17)5-9/h2-5H,7H2,1H3. The molecule has 0 N–H and O–H groups in total. The van der Waals surface area contributed by atoms with E-state index in [1.165, 1.54) is 6.92 Å². The molecule has 0 fully saturated rings. The minimum absolute atomic E-state index is 0.0471. The zero-order valence-electron chi connectivity index (χ0n) is 11.7. The Morgan fingerprint density at radius 1 is 1.22 bits per heavy atom.